The van der Waals surface area contributed by atoms with Gasteiger partial charge in [0.25, 0.3) is 0 Å². The molecule has 3 saturated heterocycles. The van der Waals surface area contributed by atoms with Crippen LogP contribution in [0.15, 0.2) is 0 Å². The van der Waals surface area contributed by atoms with Crippen LogP contribution < -0.4 is 0 Å². The molecule has 0 aromatic heterocycles. The Morgan fingerprint density at radius 3 is 2.45 bits per heavy atom. The smallest absolute Gasteiger partial charge is 0.321 e. The third-order valence-corrected chi connectivity index (χ3v) is 3.06. The minimum atomic E-state index is -0.283. The zero-order valence-electron chi connectivity index (χ0n) is 6.00. The third kappa shape index (κ3) is 0.743. The molecule has 3 aliphatic heterocycles. The van der Waals surface area contributed by atoms with E-state index in [0.29, 0.717) is 13.1 Å². The molecule has 0 N–H and O–H groups in total. The van der Waals surface area contributed by atoms with Gasteiger partial charge in [-0.3, -0.25) is 4.79 Å². The van der Waals surface area contributed by atoms with Crippen molar-refractivity contribution in [3.05, 3.63) is 0 Å². The summed E-state index contributed by atoms with van der Waals surface area (Å²) in [6.45, 7) is 3.10. The van der Waals surface area contributed by atoms with Gasteiger partial charge in [0.2, 0.25) is 5.91 Å². The van der Waals surface area contributed by atoms with E-state index >= 15 is 0 Å². The fourth-order valence-corrected chi connectivity index (χ4v) is 2.40. The van der Waals surface area contributed by atoms with E-state index in [1.165, 1.54) is 3.11 Å². The number of nitrogens with zero attached hydrogens (tertiary/aromatic N) is 2. The van der Waals surface area contributed by atoms with E-state index < -0.39 is 0 Å². The predicted octanol–water partition coefficient (Wildman–Crippen LogP) is 0.621. The molecule has 3 fully saturated rings. The lowest BCUT2D eigenvalue weighted by atomic mass is 9.79. The van der Waals surface area contributed by atoms with Crippen molar-refractivity contribution < 1.29 is 9.59 Å². The highest BCUT2D eigenvalue weighted by Crippen LogP contribution is 2.39. The first-order valence-corrected chi connectivity index (χ1v) is 4.30. The highest BCUT2D eigenvalue weighted by molar-refractivity contribution is 14.1. The number of amides is 3. The van der Waals surface area contributed by atoms with Crippen molar-refractivity contribution in [2.75, 3.05) is 13.1 Å². The number of hydrogen-bond acceptors (Lipinski definition) is 2. The second kappa shape index (κ2) is 1.88. The van der Waals surface area contributed by atoms with Gasteiger partial charge in [0, 0.05) is 13.1 Å². The maximum absolute atomic E-state index is 11.4. The number of urea groups is 1. The average Bonchev–Trinajstić information content (AvgIpc) is 1.91. The summed E-state index contributed by atoms with van der Waals surface area (Å²) in [6.07, 6.45) is 0. The van der Waals surface area contributed by atoms with Crippen molar-refractivity contribution in [3.63, 3.8) is 0 Å². The first-order chi connectivity index (χ1) is 5.04. The van der Waals surface area contributed by atoms with E-state index in [0.717, 1.165) is 0 Å². The lowest BCUT2D eigenvalue weighted by Crippen LogP contribution is -2.70. The number of halogens is 1. The van der Waals surface area contributed by atoms with Crippen molar-refractivity contribution in [3.8, 4) is 0 Å². The number of imide groups is 1. The topological polar surface area (TPSA) is 40.6 Å². The van der Waals surface area contributed by atoms with Gasteiger partial charge in [-0.05, 0) is 6.92 Å². The minimum Gasteiger partial charge on any atom is -0.321 e. The molecule has 0 atom stereocenters. The SMILES string of the molecule is CC12CN(C1)C(=O)N(I)C2=O. The van der Waals surface area contributed by atoms with Gasteiger partial charge in [-0.15, -0.1) is 0 Å². The van der Waals surface area contributed by atoms with Crippen molar-refractivity contribution in [1.29, 1.82) is 0 Å². The molecule has 2 bridgehead atoms. The van der Waals surface area contributed by atoms with Gasteiger partial charge in [-0.2, -0.15) is 0 Å². The van der Waals surface area contributed by atoms with E-state index in [1.807, 2.05) is 6.92 Å². The standard InChI is InChI=1S/C6H7IN2O2/c1-6-2-8(3-6)5(11)9(7)4(6)10/h2-3H2,1H3. The molecule has 3 aliphatic rings. The van der Waals surface area contributed by atoms with E-state index in [9.17, 15) is 9.59 Å². The first-order valence-electron chi connectivity index (χ1n) is 3.34. The summed E-state index contributed by atoms with van der Waals surface area (Å²) in [6, 6.07) is -0.167. The molecule has 11 heavy (non-hydrogen) atoms. The van der Waals surface area contributed by atoms with Gasteiger partial charge in [-0.25, -0.2) is 7.91 Å². The Kier molecular flexibility index (Phi) is 1.25. The molecule has 0 aromatic carbocycles. The Morgan fingerprint density at radius 2 is 2.00 bits per heavy atom. The summed E-state index contributed by atoms with van der Waals surface area (Å²) in [5.41, 5.74) is -0.283. The number of carbonyl (C=O) groups is 2. The molecule has 0 aliphatic carbocycles. The molecule has 0 radical (unpaired) electrons. The summed E-state index contributed by atoms with van der Waals surface area (Å²) in [5, 5.41) is 0. The summed E-state index contributed by atoms with van der Waals surface area (Å²) in [7, 11) is 0. The molecule has 3 heterocycles. The van der Waals surface area contributed by atoms with Crippen molar-refractivity contribution >= 4 is 34.8 Å². The van der Waals surface area contributed by atoms with Crippen molar-refractivity contribution in [2.45, 2.75) is 6.92 Å². The summed E-state index contributed by atoms with van der Waals surface area (Å²) in [5.74, 6) is -0.0504. The molecule has 0 unspecified atom stereocenters. The molecule has 0 saturated carbocycles. The zero-order chi connectivity index (χ0) is 8.22. The Balaban J connectivity index is 2.32. The second-order valence-electron chi connectivity index (χ2n) is 3.29. The highest BCUT2D eigenvalue weighted by Gasteiger charge is 2.56. The Bertz CT molecular complexity index is 247. The van der Waals surface area contributed by atoms with Crippen LogP contribution in [0.4, 0.5) is 4.79 Å². The Morgan fingerprint density at radius 1 is 1.45 bits per heavy atom. The third-order valence-electron chi connectivity index (χ3n) is 2.21. The monoisotopic (exact) mass is 266 g/mol. The lowest BCUT2D eigenvalue weighted by Gasteiger charge is -2.52. The Labute approximate surface area is 78.0 Å². The highest BCUT2D eigenvalue weighted by atomic mass is 127. The van der Waals surface area contributed by atoms with Crippen LogP contribution in [0.3, 0.4) is 0 Å². The molecule has 60 valence electrons. The number of rotatable bonds is 0. The van der Waals surface area contributed by atoms with Gasteiger partial charge in [0.15, 0.2) is 0 Å². The summed E-state index contributed by atoms with van der Waals surface area (Å²) in [4.78, 5) is 24.2. The van der Waals surface area contributed by atoms with Gasteiger partial charge in [0.05, 0.1) is 28.3 Å². The van der Waals surface area contributed by atoms with Crippen LogP contribution in [0.1, 0.15) is 6.92 Å². The molecule has 4 nitrogen and oxygen atoms in total. The number of fused-ring (bicyclic) bond motifs is 2. The van der Waals surface area contributed by atoms with E-state index in [4.69, 9.17) is 0 Å². The van der Waals surface area contributed by atoms with Crippen molar-refractivity contribution in [1.82, 2.24) is 8.01 Å². The van der Waals surface area contributed by atoms with Crippen LogP contribution >= 0.6 is 22.9 Å². The quantitative estimate of drug-likeness (QED) is 0.476. The largest absolute Gasteiger partial charge is 0.335 e. The average molecular weight is 266 g/mol. The van der Waals surface area contributed by atoms with E-state index in [2.05, 4.69) is 0 Å². The van der Waals surface area contributed by atoms with Gasteiger partial charge >= 0.3 is 6.03 Å². The van der Waals surface area contributed by atoms with Crippen LogP contribution in [0.25, 0.3) is 0 Å². The maximum Gasteiger partial charge on any atom is 0.335 e. The van der Waals surface area contributed by atoms with Crippen molar-refractivity contribution in [2.24, 2.45) is 5.41 Å². The maximum atomic E-state index is 11.4. The summed E-state index contributed by atoms with van der Waals surface area (Å²) >= 11 is 1.76. The normalized spacial score (nSPS) is 27.1. The predicted molar refractivity (Wildman–Crippen MR) is 45.9 cm³/mol. The molecule has 0 aromatic rings. The van der Waals surface area contributed by atoms with E-state index in [1.54, 1.807) is 27.8 Å². The van der Waals surface area contributed by atoms with Crippen LogP contribution in [0.5, 0.6) is 0 Å². The Hall–Kier alpha value is -0.330. The van der Waals surface area contributed by atoms with Gasteiger partial charge in [-0.1, -0.05) is 0 Å². The fourth-order valence-electron chi connectivity index (χ4n) is 1.51. The second-order valence-corrected chi connectivity index (χ2v) is 4.25. The molecule has 3 amide bonds. The fraction of sp³-hybridized carbons (Fsp3) is 0.667. The van der Waals surface area contributed by atoms with Crippen LogP contribution in [0, 0.1) is 5.41 Å². The zero-order valence-corrected chi connectivity index (χ0v) is 8.16. The molecule has 3 rings (SSSR count). The molecule has 0 spiro atoms. The van der Waals surface area contributed by atoms with Crippen LogP contribution in [-0.4, -0.2) is 33.0 Å². The number of hydrogen-bond donors (Lipinski definition) is 0. The molecular weight excluding hydrogens is 259 g/mol. The first kappa shape index (κ1) is 7.33. The van der Waals surface area contributed by atoms with Gasteiger partial charge in [0.1, 0.15) is 0 Å². The minimum absolute atomic E-state index is 0.0504. The lowest BCUT2D eigenvalue weighted by molar-refractivity contribution is -0.147. The summed E-state index contributed by atoms with van der Waals surface area (Å²) < 4.78 is 1.17. The van der Waals surface area contributed by atoms with E-state index in [-0.39, 0.29) is 17.4 Å². The molecular formula is C6H7IN2O2. The van der Waals surface area contributed by atoms with Gasteiger partial charge < -0.3 is 4.90 Å². The number of carbonyl (C=O) groups excluding carboxylic acids is 2. The van der Waals surface area contributed by atoms with Crippen LogP contribution in [-0.2, 0) is 4.79 Å². The van der Waals surface area contributed by atoms with Crippen LogP contribution in [0.2, 0.25) is 0 Å². The molecule has 5 heteroatoms.